The number of amides is 1. The Kier molecular flexibility index (Phi) is 4.96. The third kappa shape index (κ3) is 4.24. The van der Waals surface area contributed by atoms with Crippen molar-refractivity contribution in [2.24, 2.45) is 0 Å². The number of hydrogen-bond donors (Lipinski definition) is 1. The van der Waals surface area contributed by atoms with Crippen molar-refractivity contribution in [2.45, 2.75) is 11.8 Å². The molecule has 2 aromatic rings. The van der Waals surface area contributed by atoms with Crippen molar-refractivity contribution in [3.05, 3.63) is 59.8 Å². The van der Waals surface area contributed by atoms with Gasteiger partial charge in [0.1, 0.15) is 5.82 Å². The van der Waals surface area contributed by atoms with E-state index in [1.165, 1.54) is 11.0 Å². The van der Waals surface area contributed by atoms with Gasteiger partial charge in [-0.05, 0) is 48.6 Å². The third-order valence-electron chi connectivity index (χ3n) is 2.71. The van der Waals surface area contributed by atoms with E-state index in [9.17, 15) is 4.79 Å². The summed E-state index contributed by atoms with van der Waals surface area (Å²) in [6.07, 6.45) is 7.05. The minimum absolute atomic E-state index is 0.185. The van der Waals surface area contributed by atoms with Crippen LogP contribution in [0.3, 0.4) is 0 Å². The number of anilines is 1. The van der Waals surface area contributed by atoms with Crippen LogP contribution in [-0.2, 0) is 4.79 Å². The van der Waals surface area contributed by atoms with Gasteiger partial charge in [-0.25, -0.2) is 4.98 Å². The summed E-state index contributed by atoms with van der Waals surface area (Å²) in [5, 5.41) is 2.72. The number of carbonyl (C=O) groups excluding carboxylic acids is 1. The minimum Gasteiger partial charge on any atom is -0.307 e. The highest BCUT2D eigenvalue weighted by molar-refractivity contribution is 7.98. The van der Waals surface area contributed by atoms with E-state index >= 15 is 0 Å². The standard InChI is InChI=1S/C16H16N2OS/c1-12-3-9-15(17-11-12)18-16(19)10-6-13-4-7-14(20-2)8-5-13/h3-11H,1-2H3,(H,17,18,19)/b10-6+. The number of thioether (sulfide) groups is 1. The predicted octanol–water partition coefficient (Wildman–Crippen LogP) is 3.76. The quantitative estimate of drug-likeness (QED) is 0.686. The fraction of sp³-hybridized carbons (Fsp3) is 0.125. The highest BCUT2D eigenvalue weighted by Gasteiger charge is 1.98. The first kappa shape index (κ1) is 14.3. The van der Waals surface area contributed by atoms with Crippen LogP contribution in [-0.4, -0.2) is 17.1 Å². The second kappa shape index (κ2) is 6.91. The lowest BCUT2D eigenvalue weighted by Gasteiger charge is -2.01. The van der Waals surface area contributed by atoms with Crippen LogP contribution in [0.25, 0.3) is 6.08 Å². The van der Waals surface area contributed by atoms with Gasteiger partial charge in [0, 0.05) is 17.2 Å². The van der Waals surface area contributed by atoms with Gasteiger partial charge in [-0.2, -0.15) is 0 Å². The summed E-state index contributed by atoms with van der Waals surface area (Å²) in [5.41, 5.74) is 2.06. The largest absolute Gasteiger partial charge is 0.307 e. The number of nitrogens with zero attached hydrogens (tertiary/aromatic N) is 1. The molecule has 0 spiro atoms. The second-order valence-corrected chi connectivity index (χ2v) is 5.20. The Labute approximate surface area is 123 Å². The summed E-state index contributed by atoms with van der Waals surface area (Å²) in [7, 11) is 0. The summed E-state index contributed by atoms with van der Waals surface area (Å²) in [5.74, 6) is 0.373. The monoisotopic (exact) mass is 284 g/mol. The Balaban J connectivity index is 1.96. The van der Waals surface area contributed by atoms with Crippen LogP contribution in [0.5, 0.6) is 0 Å². The molecule has 1 aromatic heterocycles. The summed E-state index contributed by atoms with van der Waals surface area (Å²) in [4.78, 5) is 17.1. The molecule has 0 bridgehead atoms. The van der Waals surface area contributed by atoms with Crippen molar-refractivity contribution in [1.29, 1.82) is 0 Å². The van der Waals surface area contributed by atoms with E-state index in [1.807, 2.05) is 43.5 Å². The highest BCUT2D eigenvalue weighted by atomic mass is 32.2. The van der Waals surface area contributed by atoms with Gasteiger partial charge in [-0.1, -0.05) is 18.2 Å². The van der Waals surface area contributed by atoms with Crippen molar-refractivity contribution >= 4 is 29.6 Å². The van der Waals surface area contributed by atoms with Gasteiger partial charge >= 0.3 is 0 Å². The van der Waals surface area contributed by atoms with Gasteiger partial charge < -0.3 is 5.32 Å². The van der Waals surface area contributed by atoms with Crippen LogP contribution in [0.2, 0.25) is 0 Å². The van der Waals surface area contributed by atoms with Crippen LogP contribution in [0.1, 0.15) is 11.1 Å². The van der Waals surface area contributed by atoms with Gasteiger partial charge in [0.2, 0.25) is 5.91 Å². The normalized spacial score (nSPS) is 10.7. The number of pyridine rings is 1. The third-order valence-corrected chi connectivity index (χ3v) is 3.45. The Bertz CT molecular complexity index is 603. The van der Waals surface area contributed by atoms with E-state index in [4.69, 9.17) is 0 Å². The molecule has 1 heterocycles. The number of aromatic nitrogens is 1. The van der Waals surface area contributed by atoms with E-state index in [-0.39, 0.29) is 5.91 Å². The maximum atomic E-state index is 11.8. The number of benzene rings is 1. The van der Waals surface area contributed by atoms with E-state index < -0.39 is 0 Å². The SMILES string of the molecule is CSc1ccc(/C=C/C(=O)Nc2ccc(C)cn2)cc1. The zero-order chi connectivity index (χ0) is 14.4. The molecule has 0 radical (unpaired) electrons. The molecule has 1 aromatic carbocycles. The molecule has 0 aliphatic heterocycles. The predicted molar refractivity (Wildman–Crippen MR) is 84.9 cm³/mol. The van der Waals surface area contributed by atoms with Crippen LogP contribution in [0.4, 0.5) is 5.82 Å². The van der Waals surface area contributed by atoms with Gasteiger partial charge in [0.05, 0.1) is 0 Å². The first-order chi connectivity index (χ1) is 9.67. The summed E-state index contributed by atoms with van der Waals surface area (Å²) >= 11 is 1.69. The fourth-order valence-electron chi connectivity index (χ4n) is 1.60. The average Bonchev–Trinajstić information content (AvgIpc) is 2.48. The first-order valence-electron chi connectivity index (χ1n) is 6.23. The molecule has 2 rings (SSSR count). The first-order valence-corrected chi connectivity index (χ1v) is 7.45. The summed E-state index contributed by atoms with van der Waals surface area (Å²) in [6, 6.07) is 11.7. The molecular weight excluding hydrogens is 268 g/mol. The molecule has 1 N–H and O–H groups in total. The number of rotatable bonds is 4. The molecule has 0 aliphatic rings. The Morgan fingerprint density at radius 3 is 2.55 bits per heavy atom. The lowest BCUT2D eigenvalue weighted by atomic mass is 10.2. The molecule has 102 valence electrons. The van der Waals surface area contributed by atoms with E-state index in [0.717, 1.165) is 11.1 Å². The Hall–Kier alpha value is -2.07. The molecule has 1 amide bonds. The van der Waals surface area contributed by atoms with E-state index in [2.05, 4.69) is 10.3 Å². The maximum Gasteiger partial charge on any atom is 0.249 e. The van der Waals surface area contributed by atoms with Crippen molar-refractivity contribution in [3.8, 4) is 0 Å². The van der Waals surface area contributed by atoms with Gasteiger partial charge in [-0.15, -0.1) is 11.8 Å². The Morgan fingerprint density at radius 2 is 1.95 bits per heavy atom. The summed E-state index contributed by atoms with van der Waals surface area (Å²) in [6.45, 7) is 1.96. The molecule has 0 saturated heterocycles. The molecule has 4 heteroatoms. The molecule has 0 atom stereocenters. The number of aryl methyl sites for hydroxylation is 1. The minimum atomic E-state index is -0.185. The van der Waals surface area contributed by atoms with Gasteiger partial charge in [-0.3, -0.25) is 4.79 Å². The van der Waals surface area contributed by atoms with Crippen molar-refractivity contribution in [1.82, 2.24) is 4.98 Å². The van der Waals surface area contributed by atoms with E-state index in [0.29, 0.717) is 5.82 Å². The topological polar surface area (TPSA) is 42.0 Å². The second-order valence-electron chi connectivity index (χ2n) is 4.32. The average molecular weight is 284 g/mol. The van der Waals surface area contributed by atoms with Crippen molar-refractivity contribution in [3.63, 3.8) is 0 Å². The van der Waals surface area contributed by atoms with Crippen LogP contribution < -0.4 is 5.32 Å². The molecule has 3 nitrogen and oxygen atoms in total. The Morgan fingerprint density at radius 1 is 1.20 bits per heavy atom. The smallest absolute Gasteiger partial charge is 0.249 e. The zero-order valence-corrected chi connectivity index (χ0v) is 12.3. The lowest BCUT2D eigenvalue weighted by Crippen LogP contribution is -2.08. The number of nitrogens with one attached hydrogen (secondary N) is 1. The molecule has 0 aliphatic carbocycles. The molecule has 0 unspecified atom stereocenters. The van der Waals surface area contributed by atoms with Crippen LogP contribution in [0.15, 0.2) is 53.6 Å². The number of carbonyl (C=O) groups is 1. The lowest BCUT2D eigenvalue weighted by molar-refractivity contribution is -0.111. The van der Waals surface area contributed by atoms with Crippen molar-refractivity contribution in [2.75, 3.05) is 11.6 Å². The highest BCUT2D eigenvalue weighted by Crippen LogP contribution is 2.15. The van der Waals surface area contributed by atoms with Crippen LogP contribution >= 0.6 is 11.8 Å². The zero-order valence-electron chi connectivity index (χ0n) is 11.5. The van der Waals surface area contributed by atoms with E-state index in [1.54, 1.807) is 30.1 Å². The number of hydrogen-bond acceptors (Lipinski definition) is 3. The molecule has 20 heavy (non-hydrogen) atoms. The summed E-state index contributed by atoms with van der Waals surface area (Å²) < 4.78 is 0. The van der Waals surface area contributed by atoms with Gasteiger partial charge in [0.25, 0.3) is 0 Å². The molecule has 0 saturated carbocycles. The molecular formula is C16H16N2OS. The fourth-order valence-corrected chi connectivity index (χ4v) is 2.00. The van der Waals surface area contributed by atoms with Crippen molar-refractivity contribution < 1.29 is 4.79 Å². The molecule has 0 fully saturated rings. The maximum absolute atomic E-state index is 11.8. The van der Waals surface area contributed by atoms with Gasteiger partial charge in [0.15, 0.2) is 0 Å². The van der Waals surface area contributed by atoms with Crippen LogP contribution in [0, 0.1) is 6.92 Å².